The van der Waals surface area contributed by atoms with Gasteiger partial charge in [-0.05, 0) is 55.9 Å². The number of hydrogen-bond acceptors (Lipinski definition) is 4. The molecule has 0 radical (unpaired) electrons. The van der Waals surface area contributed by atoms with Gasteiger partial charge >= 0.3 is 5.69 Å². The molecule has 0 unspecified atom stereocenters. The van der Waals surface area contributed by atoms with Gasteiger partial charge in [0.1, 0.15) is 0 Å². The van der Waals surface area contributed by atoms with Gasteiger partial charge in [-0.1, -0.05) is 42.0 Å². The lowest BCUT2D eigenvalue weighted by atomic mass is 10.1. The molecular weight excluding hydrogens is 380 g/mol. The van der Waals surface area contributed by atoms with Gasteiger partial charge in [0.2, 0.25) is 5.69 Å². The van der Waals surface area contributed by atoms with Crippen molar-refractivity contribution in [1.29, 1.82) is 0 Å². The Hall–Kier alpha value is -3.48. The first kappa shape index (κ1) is 19.8. The molecule has 1 heterocycles. The molecule has 1 N–H and O–H groups in total. The van der Waals surface area contributed by atoms with E-state index in [1.807, 2.05) is 44.2 Å². The van der Waals surface area contributed by atoms with E-state index >= 15 is 0 Å². The van der Waals surface area contributed by atoms with Crippen LogP contribution in [-0.2, 0) is 6.54 Å². The van der Waals surface area contributed by atoms with Crippen LogP contribution in [0, 0.1) is 19.8 Å². The lowest BCUT2D eigenvalue weighted by molar-refractivity contribution is 0.0942. The first-order chi connectivity index (χ1) is 14.4. The topological polar surface area (TPSA) is 86.0 Å². The fraction of sp³-hybridized carbons (Fsp3) is 0.304. The molecule has 0 bridgehead atoms. The highest BCUT2D eigenvalue weighted by molar-refractivity contribution is 5.91. The van der Waals surface area contributed by atoms with Gasteiger partial charge in [0.05, 0.1) is 12.2 Å². The van der Waals surface area contributed by atoms with Gasteiger partial charge in [-0.2, -0.15) is 9.78 Å². The highest BCUT2D eigenvalue weighted by atomic mass is 16.2. The third kappa shape index (κ3) is 4.25. The third-order valence-corrected chi connectivity index (χ3v) is 5.23. The minimum absolute atomic E-state index is 0.0647. The van der Waals surface area contributed by atoms with Crippen molar-refractivity contribution in [2.24, 2.45) is 5.92 Å². The zero-order valence-electron chi connectivity index (χ0n) is 17.1. The molecular formula is C23H24N4O3. The molecule has 1 aliphatic carbocycles. The van der Waals surface area contributed by atoms with Crippen LogP contribution in [0.1, 0.15) is 40.0 Å². The van der Waals surface area contributed by atoms with Crippen LogP contribution in [-0.4, -0.2) is 26.8 Å². The summed E-state index contributed by atoms with van der Waals surface area (Å²) in [5, 5.41) is 6.94. The molecule has 30 heavy (non-hydrogen) atoms. The van der Waals surface area contributed by atoms with Crippen molar-refractivity contribution in [3.63, 3.8) is 0 Å². The van der Waals surface area contributed by atoms with Crippen LogP contribution in [0.2, 0.25) is 0 Å². The quantitative estimate of drug-likeness (QED) is 0.682. The van der Waals surface area contributed by atoms with Gasteiger partial charge < -0.3 is 5.32 Å². The number of amides is 1. The number of nitrogens with one attached hydrogen (secondary N) is 1. The number of rotatable bonds is 6. The van der Waals surface area contributed by atoms with E-state index in [-0.39, 0.29) is 12.2 Å². The minimum atomic E-state index is -0.683. The maximum Gasteiger partial charge on any atom is 0.352 e. The Labute approximate surface area is 174 Å². The van der Waals surface area contributed by atoms with Crippen LogP contribution in [0.3, 0.4) is 0 Å². The number of carbonyl (C=O) groups is 1. The molecule has 1 saturated carbocycles. The summed E-state index contributed by atoms with van der Waals surface area (Å²) in [4.78, 5) is 38.9. The van der Waals surface area contributed by atoms with E-state index in [1.165, 1.54) is 0 Å². The number of aryl methyl sites for hydroxylation is 2. The van der Waals surface area contributed by atoms with Crippen LogP contribution in [0.15, 0.2) is 58.1 Å². The Bertz CT molecular complexity index is 1200. The van der Waals surface area contributed by atoms with Crippen LogP contribution < -0.4 is 16.6 Å². The van der Waals surface area contributed by atoms with E-state index in [0.29, 0.717) is 18.2 Å². The Morgan fingerprint density at radius 1 is 1.07 bits per heavy atom. The van der Waals surface area contributed by atoms with Crippen molar-refractivity contribution in [1.82, 2.24) is 19.7 Å². The molecule has 1 fully saturated rings. The molecule has 2 aromatic carbocycles. The van der Waals surface area contributed by atoms with Crippen molar-refractivity contribution in [2.45, 2.75) is 33.2 Å². The van der Waals surface area contributed by atoms with Gasteiger partial charge in [-0.3, -0.25) is 14.2 Å². The summed E-state index contributed by atoms with van der Waals surface area (Å²) < 4.78 is 2.21. The highest BCUT2D eigenvalue weighted by Gasteiger charge is 2.25. The van der Waals surface area contributed by atoms with Crippen LogP contribution in [0.4, 0.5) is 0 Å². The predicted molar refractivity (Wildman–Crippen MR) is 114 cm³/mol. The predicted octanol–water partition coefficient (Wildman–Crippen LogP) is 2.20. The standard InChI is InChI=1S/C23H24N4O3/c1-15-6-8-18(9-7-15)14-26-22(29)20(21(28)24-13-17-10-11-17)25-27(23(26)30)19-5-3-4-16(2)12-19/h3-9,12,17H,10-11,13-14H2,1-2H3,(H,24,28). The van der Waals surface area contributed by atoms with Crippen molar-refractivity contribution in [2.75, 3.05) is 6.54 Å². The molecule has 4 rings (SSSR count). The SMILES string of the molecule is Cc1ccc(Cn2c(=O)c(C(=O)NCC3CC3)nn(-c3cccc(C)c3)c2=O)cc1. The average molecular weight is 404 g/mol. The zero-order chi connectivity index (χ0) is 21.3. The van der Waals surface area contributed by atoms with E-state index in [4.69, 9.17) is 0 Å². The van der Waals surface area contributed by atoms with E-state index in [1.54, 1.807) is 18.2 Å². The molecule has 0 saturated heterocycles. The Kier molecular flexibility index (Phi) is 5.35. The second kappa shape index (κ2) is 8.10. The third-order valence-electron chi connectivity index (χ3n) is 5.23. The second-order valence-corrected chi connectivity index (χ2v) is 7.91. The number of benzene rings is 2. The summed E-state index contributed by atoms with van der Waals surface area (Å²) in [5.74, 6) is -0.0858. The summed E-state index contributed by atoms with van der Waals surface area (Å²) in [6, 6.07) is 14.8. The van der Waals surface area contributed by atoms with Gasteiger partial charge in [-0.15, -0.1) is 0 Å². The van der Waals surface area contributed by atoms with Crippen molar-refractivity contribution in [3.8, 4) is 5.69 Å². The maximum atomic E-state index is 13.2. The largest absolute Gasteiger partial charge is 0.352 e. The number of carbonyl (C=O) groups excluding carboxylic acids is 1. The molecule has 1 aliphatic rings. The summed E-state index contributed by atoms with van der Waals surface area (Å²) in [6.45, 7) is 4.45. The summed E-state index contributed by atoms with van der Waals surface area (Å²) in [7, 11) is 0. The Morgan fingerprint density at radius 2 is 1.80 bits per heavy atom. The van der Waals surface area contributed by atoms with E-state index in [2.05, 4.69) is 10.4 Å². The fourth-order valence-corrected chi connectivity index (χ4v) is 3.24. The smallest absolute Gasteiger partial charge is 0.350 e. The molecule has 0 spiro atoms. The van der Waals surface area contributed by atoms with Gasteiger partial charge in [0.25, 0.3) is 11.5 Å². The number of nitrogens with zero attached hydrogens (tertiary/aromatic N) is 3. The highest BCUT2D eigenvalue weighted by Crippen LogP contribution is 2.27. The zero-order valence-corrected chi connectivity index (χ0v) is 17.1. The Balaban J connectivity index is 1.81. The van der Waals surface area contributed by atoms with Gasteiger partial charge in [0, 0.05) is 6.54 Å². The molecule has 7 heteroatoms. The molecule has 7 nitrogen and oxygen atoms in total. The lowest BCUT2D eigenvalue weighted by Gasteiger charge is -2.13. The molecule has 0 atom stereocenters. The second-order valence-electron chi connectivity index (χ2n) is 7.91. The summed E-state index contributed by atoms with van der Waals surface area (Å²) in [6.07, 6.45) is 2.16. The minimum Gasteiger partial charge on any atom is -0.350 e. The first-order valence-electron chi connectivity index (χ1n) is 10.1. The van der Waals surface area contributed by atoms with Crippen LogP contribution in [0.25, 0.3) is 5.69 Å². The van der Waals surface area contributed by atoms with Crippen molar-refractivity contribution >= 4 is 5.91 Å². The molecule has 3 aromatic rings. The summed E-state index contributed by atoms with van der Waals surface area (Å²) >= 11 is 0. The molecule has 1 amide bonds. The van der Waals surface area contributed by atoms with E-state index in [0.717, 1.165) is 38.8 Å². The molecule has 154 valence electrons. The average Bonchev–Trinajstić information content (AvgIpc) is 3.55. The number of hydrogen-bond donors (Lipinski definition) is 1. The monoisotopic (exact) mass is 404 g/mol. The van der Waals surface area contributed by atoms with Crippen LogP contribution in [0.5, 0.6) is 0 Å². The molecule has 0 aliphatic heterocycles. The normalized spacial score (nSPS) is 13.3. The molecule has 1 aromatic heterocycles. The first-order valence-corrected chi connectivity index (χ1v) is 10.1. The van der Waals surface area contributed by atoms with Gasteiger partial charge in [-0.25, -0.2) is 4.79 Å². The maximum absolute atomic E-state index is 13.2. The Morgan fingerprint density at radius 3 is 2.47 bits per heavy atom. The fourth-order valence-electron chi connectivity index (χ4n) is 3.24. The van der Waals surface area contributed by atoms with Crippen molar-refractivity contribution < 1.29 is 4.79 Å². The van der Waals surface area contributed by atoms with E-state index in [9.17, 15) is 14.4 Å². The number of aromatic nitrogens is 3. The van der Waals surface area contributed by atoms with Crippen LogP contribution >= 0.6 is 0 Å². The van der Waals surface area contributed by atoms with Crippen molar-refractivity contribution in [3.05, 3.63) is 91.8 Å². The lowest BCUT2D eigenvalue weighted by Crippen LogP contribution is -2.46. The van der Waals surface area contributed by atoms with E-state index < -0.39 is 17.2 Å². The van der Waals surface area contributed by atoms with Gasteiger partial charge in [0.15, 0.2) is 0 Å². The summed E-state index contributed by atoms with van der Waals surface area (Å²) in [5.41, 5.74) is 1.79.